The molecule has 23 heavy (non-hydrogen) atoms. The molecule has 11 heteroatoms. The highest BCUT2D eigenvalue weighted by Gasteiger charge is 2.29. The first-order valence-electron chi connectivity index (χ1n) is 6.87. The van der Waals surface area contributed by atoms with E-state index in [-0.39, 0.29) is 19.8 Å². The van der Waals surface area contributed by atoms with E-state index in [1.807, 2.05) is 0 Å². The van der Waals surface area contributed by atoms with Crippen LogP contribution in [0.5, 0.6) is 0 Å². The minimum Gasteiger partial charge on any atom is -0.462 e. The molecule has 0 aromatic heterocycles. The van der Waals surface area contributed by atoms with Gasteiger partial charge in [0.15, 0.2) is 12.4 Å². The smallest absolute Gasteiger partial charge is 0.462 e. The molecule has 0 amide bonds. The highest BCUT2D eigenvalue weighted by Crippen LogP contribution is 2.43. The van der Waals surface area contributed by atoms with E-state index in [2.05, 4.69) is 4.74 Å². The first-order valence-corrected chi connectivity index (χ1v) is 8.37. The Hall–Kier alpha value is -1.03. The second-order valence-corrected chi connectivity index (χ2v) is 6.21. The number of carbonyl (C=O) groups excluding carboxylic acids is 2. The van der Waals surface area contributed by atoms with Crippen molar-refractivity contribution in [3.8, 4) is 0 Å². The molecule has 1 aliphatic heterocycles. The number of esters is 2. The van der Waals surface area contributed by atoms with Gasteiger partial charge in [0.1, 0.15) is 12.7 Å². The van der Waals surface area contributed by atoms with Crippen LogP contribution in [0.3, 0.4) is 0 Å². The van der Waals surface area contributed by atoms with Crippen LogP contribution in [-0.2, 0) is 42.1 Å². The largest absolute Gasteiger partial charge is 0.472 e. The maximum Gasteiger partial charge on any atom is 0.472 e. The SMILES string of the molecule is CC(=O)OC[C@H](COP(=O)(O)OCC1COC(C)O1)OC(C)=O. The Labute approximate surface area is 133 Å². The third-order valence-corrected chi connectivity index (χ3v) is 3.50. The Morgan fingerprint density at radius 3 is 2.48 bits per heavy atom. The molecule has 1 rings (SSSR count). The molecule has 0 saturated carbocycles. The van der Waals surface area contributed by atoms with Crippen molar-refractivity contribution >= 4 is 19.8 Å². The zero-order chi connectivity index (χ0) is 17.5. The van der Waals surface area contributed by atoms with Crippen molar-refractivity contribution in [2.45, 2.75) is 39.3 Å². The Kier molecular flexibility index (Phi) is 8.10. The highest BCUT2D eigenvalue weighted by atomic mass is 31.2. The second kappa shape index (κ2) is 9.31. The van der Waals surface area contributed by atoms with Gasteiger partial charge in [-0.3, -0.25) is 18.6 Å². The first-order chi connectivity index (χ1) is 10.7. The fourth-order valence-electron chi connectivity index (χ4n) is 1.63. The minimum atomic E-state index is -4.38. The Balaban J connectivity index is 2.38. The first kappa shape index (κ1) is 20.0. The molecule has 0 bridgehead atoms. The quantitative estimate of drug-likeness (QED) is 0.457. The lowest BCUT2D eigenvalue weighted by Crippen LogP contribution is -2.28. The monoisotopic (exact) mass is 356 g/mol. The molecular formula is C12H21O10P. The summed E-state index contributed by atoms with van der Waals surface area (Å²) in [5, 5.41) is 0. The molecule has 0 spiro atoms. The summed E-state index contributed by atoms with van der Waals surface area (Å²) < 4.78 is 41.1. The molecule has 1 N–H and O–H groups in total. The highest BCUT2D eigenvalue weighted by molar-refractivity contribution is 7.47. The lowest BCUT2D eigenvalue weighted by atomic mass is 10.4. The summed E-state index contributed by atoms with van der Waals surface area (Å²) in [5.74, 6) is -1.23. The molecule has 134 valence electrons. The second-order valence-electron chi connectivity index (χ2n) is 4.75. The van der Waals surface area contributed by atoms with Crippen molar-refractivity contribution in [1.29, 1.82) is 0 Å². The predicted molar refractivity (Wildman–Crippen MR) is 74.2 cm³/mol. The average Bonchev–Trinajstić information content (AvgIpc) is 2.85. The van der Waals surface area contributed by atoms with Gasteiger partial charge in [-0.2, -0.15) is 0 Å². The van der Waals surface area contributed by atoms with Crippen molar-refractivity contribution in [1.82, 2.24) is 0 Å². The van der Waals surface area contributed by atoms with Crippen LogP contribution in [0.4, 0.5) is 0 Å². The molecule has 3 unspecified atom stereocenters. The molecule has 0 aromatic carbocycles. The third kappa shape index (κ3) is 8.99. The Morgan fingerprint density at radius 1 is 1.26 bits per heavy atom. The van der Waals surface area contributed by atoms with Gasteiger partial charge in [0.2, 0.25) is 0 Å². The fourth-order valence-corrected chi connectivity index (χ4v) is 2.42. The van der Waals surface area contributed by atoms with E-state index in [1.54, 1.807) is 6.92 Å². The van der Waals surface area contributed by atoms with Gasteiger partial charge in [-0.1, -0.05) is 0 Å². The summed E-state index contributed by atoms with van der Waals surface area (Å²) in [6, 6.07) is 0. The van der Waals surface area contributed by atoms with E-state index >= 15 is 0 Å². The summed E-state index contributed by atoms with van der Waals surface area (Å²) in [5.41, 5.74) is 0. The average molecular weight is 356 g/mol. The van der Waals surface area contributed by atoms with Gasteiger partial charge in [0, 0.05) is 13.8 Å². The molecule has 1 fully saturated rings. The van der Waals surface area contributed by atoms with Crippen LogP contribution >= 0.6 is 7.82 Å². The standard InChI is InChI=1S/C12H21O10P/c1-8(13)17-4-11(21-9(2)14)6-19-23(15,16)20-7-12-5-18-10(3)22-12/h10-12H,4-7H2,1-3H3,(H,15,16)/t10?,11-,12?/m1/s1. The molecule has 1 heterocycles. The maximum absolute atomic E-state index is 11.7. The van der Waals surface area contributed by atoms with Crippen LogP contribution < -0.4 is 0 Å². The van der Waals surface area contributed by atoms with Crippen molar-refractivity contribution in [3.05, 3.63) is 0 Å². The molecule has 0 aliphatic carbocycles. The summed E-state index contributed by atoms with van der Waals surface area (Å²) in [6.45, 7) is 3.29. The number of hydrogen-bond acceptors (Lipinski definition) is 9. The van der Waals surface area contributed by atoms with Crippen LogP contribution in [0.2, 0.25) is 0 Å². The number of ether oxygens (including phenoxy) is 4. The molecular weight excluding hydrogens is 335 g/mol. The third-order valence-electron chi connectivity index (χ3n) is 2.55. The molecule has 0 aromatic rings. The van der Waals surface area contributed by atoms with Crippen LogP contribution in [0.1, 0.15) is 20.8 Å². The number of rotatable bonds is 9. The van der Waals surface area contributed by atoms with E-state index in [0.717, 1.165) is 6.92 Å². The molecule has 0 radical (unpaired) electrons. The number of phosphoric acid groups is 1. The zero-order valence-corrected chi connectivity index (χ0v) is 14.0. The van der Waals surface area contributed by atoms with Crippen LogP contribution in [0.15, 0.2) is 0 Å². The van der Waals surface area contributed by atoms with E-state index in [9.17, 15) is 19.0 Å². The van der Waals surface area contributed by atoms with E-state index in [1.165, 1.54) is 6.92 Å². The van der Waals surface area contributed by atoms with E-state index < -0.39 is 44.9 Å². The van der Waals surface area contributed by atoms with Gasteiger partial charge >= 0.3 is 19.8 Å². The van der Waals surface area contributed by atoms with Crippen molar-refractivity contribution in [3.63, 3.8) is 0 Å². The fraction of sp³-hybridized carbons (Fsp3) is 0.833. The van der Waals surface area contributed by atoms with E-state index in [0.29, 0.717) is 0 Å². The van der Waals surface area contributed by atoms with Gasteiger partial charge in [-0.25, -0.2) is 4.57 Å². The van der Waals surface area contributed by atoms with Crippen molar-refractivity contribution in [2.24, 2.45) is 0 Å². The van der Waals surface area contributed by atoms with Gasteiger partial charge in [-0.05, 0) is 6.92 Å². The normalized spacial score (nSPS) is 24.7. The lowest BCUT2D eigenvalue weighted by Gasteiger charge is -2.19. The van der Waals surface area contributed by atoms with Crippen LogP contribution in [0.25, 0.3) is 0 Å². The van der Waals surface area contributed by atoms with Crippen LogP contribution in [-0.4, -0.2) is 61.8 Å². The van der Waals surface area contributed by atoms with E-state index in [4.69, 9.17) is 23.3 Å². The van der Waals surface area contributed by atoms with Gasteiger partial charge < -0.3 is 23.8 Å². The molecule has 1 saturated heterocycles. The van der Waals surface area contributed by atoms with Gasteiger partial charge in [0.05, 0.1) is 19.8 Å². The predicted octanol–water partition coefficient (Wildman–Crippen LogP) is 0.376. The molecule has 1 aliphatic rings. The van der Waals surface area contributed by atoms with Crippen LogP contribution in [0, 0.1) is 0 Å². The molecule has 4 atom stereocenters. The topological polar surface area (TPSA) is 127 Å². The maximum atomic E-state index is 11.7. The number of hydrogen-bond donors (Lipinski definition) is 1. The summed E-state index contributed by atoms with van der Waals surface area (Å²) in [4.78, 5) is 31.3. The Morgan fingerprint density at radius 2 is 1.96 bits per heavy atom. The number of phosphoric ester groups is 1. The molecule has 10 nitrogen and oxygen atoms in total. The van der Waals surface area contributed by atoms with Crippen molar-refractivity contribution in [2.75, 3.05) is 26.4 Å². The Bertz CT molecular complexity index is 453. The van der Waals surface area contributed by atoms with Gasteiger partial charge in [0.25, 0.3) is 0 Å². The summed E-state index contributed by atoms with van der Waals surface area (Å²) >= 11 is 0. The minimum absolute atomic E-state index is 0.194. The summed E-state index contributed by atoms with van der Waals surface area (Å²) in [6.07, 6.45) is -1.90. The van der Waals surface area contributed by atoms with Crippen molar-refractivity contribution < 1.29 is 47.0 Å². The number of carbonyl (C=O) groups is 2. The zero-order valence-electron chi connectivity index (χ0n) is 13.1. The lowest BCUT2D eigenvalue weighted by molar-refractivity contribution is -0.158. The van der Waals surface area contributed by atoms with Gasteiger partial charge in [-0.15, -0.1) is 0 Å². The summed E-state index contributed by atoms with van der Waals surface area (Å²) in [7, 11) is -4.38.